The first-order valence-electron chi connectivity index (χ1n) is 8.44. The molecule has 2 rings (SSSR count). The van der Waals surface area contributed by atoms with E-state index in [0.29, 0.717) is 31.7 Å². The Kier molecular flexibility index (Phi) is 6.53. The fourth-order valence-electron chi connectivity index (χ4n) is 3.01. The average Bonchev–Trinajstić information content (AvgIpc) is 2.64. The van der Waals surface area contributed by atoms with E-state index in [9.17, 15) is 18.0 Å². The van der Waals surface area contributed by atoms with Gasteiger partial charge in [0.15, 0.2) is 0 Å². The van der Waals surface area contributed by atoms with Crippen molar-refractivity contribution in [2.45, 2.75) is 12.8 Å². The summed E-state index contributed by atoms with van der Waals surface area (Å²) in [5.41, 5.74) is 5.56. The Bertz CT molecular complexity index is 803. The zero-order valence-electron chi connectivity index (χ0n) is 15.7. The van der Waals surface area contributed by atoms with Gasteiger partial charge < -0.3 is 20.1 Å². The van der Waals surface area contributed by atoms with Crippen molar-refractivity contribution in [2.24, 2.45) is 11.7 Å². The summed E-state index contributed by atoms with van der Waals surface area (Å²) in [5, 5.41) is 0. The van der Waals surface area contributed by atoms with Crippen LogP contribution in [0.4, 0.5) is 5.69 Å². The van der Waals surface area contributed by atoms with Crippen LogP contribution in [0.5, 0.6) is 11.5 Å². The molecule has 0 spiro atoms. The predicted octanol–water partition coefficient (Wildman–Crippen LogP) is 0.194. The number of primary amides is 1. The number of nitrogens with zero attached hydrogens (tertiary/aromatic N) is 2. The van der Waals surface area contributed by atoms with Crippen molar-refractivity contribution >= 4 is 27.5 Å². The molecule has 2 amide bonds. The van der Waals surface area contributed by atoms with Crippen molar-refractivity contribution in [1.82, 2.24) is 4.90 Å². The molecule has 27 heavy (non-hydrogen) atoms. The van der Waals surface area contributed by atoms with Gasteiger partial charge in [0.25, 0.3) is 0 Å². The molecule has 0 bridgehead atoms. The van der Waals surface area contributed by atoms with Crippen LogP contribution in [0.25, 0.3) is 0 Å². The van der Waals surface area contributed by atoms with Crippen molar-refractivity contribution in [1.29, 1.82) is 0 Å². The summed E-state index contributed by atoms with van der Waals surface area (Å²) < 4.78 is 36.0. The number of carbonyl (C=O) groups excluding carboxylic acids is 2. The Morgan fingerprint density at radius 1 is 1.22 bits per heavy atom. The number of sulfonamides is 1. The van der Waals surface area contributed by atoms with E-state index < -0.39 is 10.0 Å². The lowest BCUT2D eigenvalue weighted by molar-refractivity contribution is -0.133. The van der Waals surface area contributed by atoms with E-state index in [1.807, 2.05) is 0 Å². The SMILES string of the molecule is COc1ccc(N(CC(=O)N2CCC(C(N)=O)CC2)S(C)(=O)=O)c(OC)c1. The Balaban J connectivity index is 2.21. The number of carbonyl (C=O) groups is 2. The molecule has 1 aromatic carbocycles. The van der Waals surface area contributed by atoms with Crippen LogP contribution >= 0.6 is 0 Å². The number of amides is 2. The van der Waals surface area contributed by atoms with Gasteiger partial charge in [0.2, 0.25) is 21.8 Å². The highest BCUT2D eigenvalue weighted by atomic mass is 32.2. The second-order valence-corrected chi connectivity index (χ2v) is 8.27. The van der Waals surface area contributed by atoms with Crippen LogP contribution in [-0.4, -0.2) is 65.2 Å². The summed E-state index contributed by atoms with van der Waals surface area (Å²) in [5.74, 6) is -0.185. The molecule has 2 N–H and O–H groups in total. The van der Waals surface area contributed by atoms with Gasteiger partial charge >= 0.3 is 0 Å². The molecule has 1 aliphatic heterocycles. The molecule has 10 heteroatoms. The molecule has 1 aromatic rings. The van der Waals surface area contributed by atoms with Gasteiger partial charge in [0.05, 0.1) is 26.2 Å². The molecule has 0 unspecified atom stereocenters. The number of rotatable bonds is 7. The van der Waals surface area contributed by atoms with Gasteiger partial charge in [-0.1, -0.05) is 0 Å². The zero-order valence-corrected chi connectivity index (χ0v) is 16.5. The zero-order chi connectivity index (χ0) is 20.2. The Hall–Kier alpha value is -2.49. The minimum atomic E-state index is -3.74. The summed E-state index contributed by atoms with van der Waals surface area (Å²) in [7, 11) is -0.837. The van der Waals surface area contributed by atoms with Crippen LogP contribution in [0.2, 0.25) is 0 Å². The normalized spacial score (nSPS) is 15.3. The monoisotopic (exact) mass is 399 g/mol. The molecule has 0 aliphatic carbocycles. The third kappa shape index (κ3) is 5.03. The molecule has 150 valence electrons. The van der Waals surface area contributed by atoms with E-state index >= 15 is 0 Å². The van der Waals surface area contributed by atoms with E-state index in [1.165, 1.54) is 20.3 Å². The van der Waals surface area contributed by atoms with Gasteiger partial charge in [0, 0.05) is 25.1 Å². The topological polar surface area (TPSA) is 119 Å². The smallest absolute Gasteiger partial charge is 0.243 e. The summed E-state index contributed by atoms with van der Waals surface area (Å²) in [6.07, 6.45) is 1.99. The van der Waals surface area contributed by atoms with Gasteiger partial charge in [0.1, 0.15) is 18.0 Å². The molecule has 1 aliphatic rings. The Labute approximate surface area is 159 Å². The van der Waals surface area contributed by atoms with Gasteiger partial charge in [-0.15, -0.1) is 0 Å². The number of ether oxygens (including phenoxy) is 2. The van der Waals surface area contributed by atoms with Crippen molar-refractivity contribution in [2.75, 3.05) is 44.4 Å². The van der Waals surface area contributed by atoms with E-state index in [2.05, 4.69) is 0 Å². The molecule has 0 saturated carbocycles. The van der Waals surface area contributed by atoms with Gasteiger partial charge in [-0.2, -0.15) is 0 Å². The maximum absolute atomic E-state index is 12.7. The van der Waals surface area contributed by atoms with Crippen LogP contribution in [0.3, 0.4) is 0 Å². The third-order valence-corrected chi connectivity index (χ3v) is 5.71. The lowest BCUT2D eigenvalue weighted by atomic mass is 9.96. The fourth-order valence-corrected chi connectivity index (χ4v) is 3.86. The molecule has 0 atom stereocenters. The molecule has 0 aromatic heterocycles. The lowest BCUT2D eigenvalue weighted by Gasteiger charge is -2.32. The van der Waals surface area contributed by atoms with Crippen LogP contribution in [-0.2, 0) is 19.6 Å². The number of methoxy groups -OCH3 is 2. The fraction of sp³-hybridized carbons (Fsp3) is 0.529. The molecule has 1 heterocycles. The number of hydrogen-bond donors (Lipinski definition) is 1. The minimum absolute atomic E-state index is 0.248. The first kappa shape index (κ1) is 20.8. The van der Waals surface area contributed by atoms with Gasteiger partial charge in [-0.25, -0.2) is 8.42 Å². The van der Waals surface area contributed by atoms with Crippen molar-refractivity contribution in [3.8, 4) is 11.5 Å². The molecular weight excluding hydrogens is 374 g/mol. The second kappa shape index (κ2) is 8.47. The van der Waals surface area contributed by atoms with E-state index in [1.54, 1.807) is 17.0 Å². The lowest BCUT2D eigenvalue weighted by Crippen LogP contribution is -2.47. The molecule has 0 radical (unpaired) electrons. The Morgan fingerprint density at radius 2 is 1.85 bits per heavy atom. The molecule has 1 fully saturated rings. The predicted molar refractivity (Wildman–Crippen MR) is 100 cm³/mol. The highest BCUT2D eigenvalue weighted by Gasteiger charge is 2.30. The van der Waals surface area contributed by atoms with E-state index in [0.717, 1.165) is 10.6 Å². The number of likely N-dealkylation sites (tertiary alicyclic amines) is 1. The number of piperidine rings is 1. The largest absolute Gasteiger partial charge is 0.497 e. The quantitative estimate of drug-likeness (QED) is 0.699. The minimum Gasteiger partial charge on any atom is -0.497 e. The summed E-state index contributed by atoms with van der Waals surface area (Å²) in [6.45, 7) is 0.371. The van der Waals surface area contributed by atoms with Crippen molar-refractivity contribution in [3.05, 3.63) is 18.2 Å². The van der Waals surface area contributed by atoms with Gasteiger partial charge in [-0.05, 0) is 25.0 Å². The number of benzene rings is 1. The number of nitrogens with two attached hydrogens (primary N) is 1. The average molecular weight is 399 g/mol. The van der Waals surface area contributed by atoms with Crippen LogP contribution in [0, 0.1) is 5.92 Å². The summed E-state index contributed by atoms with van der Waals surface area (Å²) in [6, 6.07) is 4.68. The molecular formula is C17H25N3O6S. The standard InChI is InChI=1S/C17H25N3O6S/c1-25-13-4-5-14(15(10-13)26-2)20(27(3,23)24)11-16(21)19-8-6-12(7-9-19)17(18)22/h4-5,10,12H,6-9,11H2,1-3H3,(H2,18,22). The van der Waals surface area contributed by atoms with Crippen molar-refractivity contribution in [3.63, 3.8) is 0 Å². The highest BCUT2D eigenvalue weighted by Crippen LogP contribution is 2.33. The highest BCUT2D eigenvalue weighted by molar-refractivity contribution is 7.92. The first-order chi connectivity index (χ1) is 12.7. The third-order valence-electron chi connectivity index (χ3n) is 4.58. The Morgan fingerprint density at radius 3 is 2.33 bits per heavy atom. The van der Waals surface area contributed by atoms with E-state index in [4.69, 9.17) is 15.2 Å². The molecule has 1 saturated heterocycles. The van der Waals surface area contributed by atoms with Crippen molar-refractivity contribution < 1.29 is 27.5 Å². The summed E-state index contributed by atoms with van der Waals surface area (Å²) >= 11 is 0. The maximum atomic E-state index is 12.7. The first-order valence-corrected chi connectivity index (χ1v) is 10.3. The van der Waals surface area contributed by atoms with Crippen LogP contribution in [0.15, 0.2) is 18.2 Å². The summed E-state index contributed by atoms with van der Waals surface area (Å²) in [4.78, 5) is 25.5. The maximum Gasteiger partial charge on any atom is 0.243 e. The van der Waals surface area contributed by atoms with Gasteiger partial charge in [-0.3, -0.25) is 13.9 Å². The van der Waals surface area contributed by atoms with E-state index in [-0.39, 0.29) is 35.7 Å². The van der Waals surface area contributed by atoms with Crippen LogP contribution in [0.1, 0.15) is 12.8 Å². The molecule has 9 nitrogen and oxygen atoms in total. The number of anilines is 1. The van der Waals surface area contributed by atoms with Crippen LogP contribution < -0.4 is 19.5 Å². The number of hydrogen-bond acceptors (Lipinski definition) is 6. The second-order valence-electron chi connectivity index (χ2n) is 6.36.